The second-order valence-electron chi connectivity index (χ2n) is 16.4. The number of furan rings is 1. The smallest absolute Gasteiger partial charge is 0.135 e. The van der Waals surface area contributed by atoms with Gasteiger partial charge in [-0.3, -0.25) is 0 Å². The summed E-state index contributed by atoms with van der Waals surface area (Å²) in [4.78, 5) is 2.38. The van der Waals surface area contributed by atoms with Crippen molar-refractivity contribution >= 4 is 44.6 Å². The Hall–Kier alpha value is -7.16. The molecule has 0 saturated heterocycles. The van der Waals surface area contributed by atoms with Crippen LogP contribution in [0.4, 0.5) is 17.1 Å². The van der Waals surface area contributed by atoms with Crippen LogP contribution in [0.5, 0.6) is 0 Å². The van der Waals surface area contributed by atoms with Crippen molar-refractivity contribution in [3.05, 3.63) is 217 Å². The normalized spacial score (nSPS) is 14.0. The number of allylic oxidation sites excluding steroid dienone is 4. The van der Waals surface area contributed by atoms with Crippen molar-refractivity contribution in [2.45, 2.75) is 32.1 Å². The molecule has 59 heavy (non-hydrogen) atoms. The van der Waals surface area contributed by atoms with Crippen molar-refractivity contribution in [3.63, 3.8) is 0 Å². The lowest BCUT2D eigenvalue weighted by atomic mass is 9.81. The Morgan fingerprint density at radius 3 is 1.54 bits per heavy atom. The number of rotatable bonds is 7. The van der Waals surface area contributed by atoms with E-state index in [2.05, 4.69) is 219 Å². The topological polar surface area (TPSA) is 16.4 Å². The number of anilines is 3. The first kappa shape index (κ1) is 35.0. The summed E-state index contributed by atoms with van der Waals surface area (Å²) in [6.07, 6.45) is 9.18. The van der Waals surface area contributed by atoms with Crippen molar-refractivity contribution in [1.82, 2.24) is 0 Å². The molecule has 0 N–H and O–H groups in total. The van der Waals surface area contributed by atoms with E-state index in [0.29, 0.717) is 0 Å². The molecule has 0 aliphatic heterocycles. The molecule has 0 spiro atoms. The standard InChI is InChI=1S/C57H43NO/c1-57(2)53-36-45(39-14-8-4-9-15-39)24-30-49(53)50-31-29-48(37-54(50)57)58(46-16-10-5-11-17-46)47-27-22-41(23-28-47)40-18-20-42(21-19-40)44-26-33-56-52(35-44)51-34-43(25-32-55(51)59-56)38-12-6-3-7-13-38/h3,5-8,10-37H,4,9H2,1-2H3. The van der Waals surface area contributed by atoms with Gasteiger partial charge in [-0.25, -0.2) is 0 Å². The van der Waals surface area contributed by atoms with Crippen molar-refractivity contribution in [3.8, 4) is 44.5 Å². The molecule has 11 rings (SSSR count). The average Bonchev–Trinajstić information content (AvgIpc) is 3.78. The Labute approximate surface area is 346 Å². The van der Waals surface area contributed by atoms with Gasteiger partial charge < -0.3 is 9.32 Å². The molecule has 0 unspecified atom stereocenters. The quantitative estimate of drug-likeness (QED) is 0.161. The molecule has 0 fully saturated rings. The number of fused-ring (bicyclic) bond motifs is 6. The van der Waals surface area contributed by atoms with Crippen molar-refractivity contribution in [2.24, 2.45) is 0 Å². The van der Waals surface area contributed by atoms with Gasteiger partial charge in [0.25, 0.3) is 0 Å². The molecular formula is C57H43NO. The fraction of sp³-hybridized carbons (Fsp3) is 0.0877. The van der Waals surface area contributed by atoms with Gasteiger partial charge in [-0.1, -0.05) is 147 Å². The molecule has 0 atom stereocenters. The van der Waals surface area contributed by atoms with Crippen LogP contribution in [0.2, 0.25) is 0 Å². The van der Waals surface area contributed by atoms with Crippen LogP contribution in [0.15, 0.2) is 205 Å². The second kappa shape index (κ2) is 14.0. The van der Waals surface area contributed by atoms with E-state index in [1.54, 1.807) is 0 Å². The SMILES string of the molecule is CC1(C)c2cc(C3=CCCC=C3)ccc2-c2ccc(N(c3ccccc3)c3ccc(-c4ccc(-c5ccc6oc7ccc(-c8ccccc8)cc7c6c5)cc4)cc3)cc21. The number of benzene rings is 8. The first-order chi connectivity index (χ1) is 29.0. The van der Waals surface area contributed by atoms with Crippen molar-refractivity contribution < 1.29 is 4.42 Å². The highest BCUT2D eigenvalue weighted by atomic mass is 16.3. The van der Waals surface area contributed by atoms with Gasteiger partial charge in [0.15, 0.2) is 0 Å². The van der Waals surface area contributed by atoms with Gasteiger partial charge in [-0.15, -0.1) is 0 Å². The molecular weight excluding hydrogens is 715 g/mol. The zero-order valence-corrected chi connectivity index (χ0v) is 33.3. The maximum absolute atomic E-state index is 6.25. The summed E-state index contributed by atoms with van der Waals surface area (Å²) in [6, 6.07) is 66.3. The molecule has 1 aromatic heterocycles. The minimum absolute atomic E-state index is 0.127. The van der Waals surface area contributed by atoms with Crippen LogP contribution in [0.25, 0.3) is 72.0 Å². The van der Waals surface area contributed by atoms with Crippen LogP contribution in [0.1, 0.15) is 43.4 Å². The van der Waals surface area contributed by atoms with Crippen molar-refractivity contribution in [1.29, 1.82) is 0 Å². The summed E-state index contributed by atoms with van der Waals surface area (Å²) in [5, 5.41) is 2.27. The Morgan fingerprint density at radius 2 is 0.915 bits per heavy atom. The van der Waals surface area contributed by atoms with E-state index < -0.39 is 0 Å². The monoisotopic (exact) mass is 757 g/mol. The fourth-order valence-corrected chi connectivity index (χ4v) is 9.32. The van der Waals surface area contributed by atoms with Crippen LogP contribution in [-0.4, -0.2) is 0 Å². The van der Waals surface area contributed by atoms with E-state index in [1.807, 2.05) is 0 Å². The van der Waals surface area contributed by atoms with Crippen LogP contribution in [0, 0.1) is 0 Å². The van der Waals surface area contributed by atoms with Gasteiger partial charge in [0, 0.05) is 33.2 Å². The van der Waals surface area contributed by atoms with E-state index in [1.165, 1.54) is 66.8 Å². The Morgan fingerprint density at radius 1 is 0.424 bits per heavy atom. The van der Waals surface area contributed by atoms with Crippen LogP contribution in [0.3, 0.4) is 0 Å². The van der Waals surface area contributed by atoms with Gasteiger partial charge in [-0.2, -0.15) is 0 Å². The number of hydrogen-bond acceptors (Lipinski definition) is 2. The first-order valence-corrected chi connectivity index (χ1v) is 20.7. The largest absolute Gasteiger partial charge is 0.456 e. The van der Waals surface area contributed by atoms with Crippen LogP contribution < -0.4 is 4.90 Å². The third-order valence-electron chi connectivity index (χ3n) is 12.5. The minimum atomic E-state index is -0.127. The van der Waals surface area contributed by atoms with Gasteiger partial charge >= 0.3 is 0 Å². The average molecular weight is 758 g/mol. The number of hydrogen-bond donors (Lipinski definition) is 0. The van der Waals surface area contributed by atoms with E-state index in [0.717, 1.165) is 51.8 Å². The zero-order valence-electron chi connectivity index (χ0n) is 33.3. The summed E-state index contributed by atoms with van der Waals surface area (Å²) in [5.41, 5.74) is 20.3. The molecule has 8 aromatic carbocycles. The first-order valence-electron chi connectivity index (χ1n) is 20.7. The van der Waals surface area contributed by atoms with Gasteiger partial charge in [0.2, 0.25) is 0 Å². The molecule has 2 heteroatoms. The molecule has 2 aliphatic carbocycles. The van der Waals surface area contributed by atoms with Crippen LogP contribution in [-0.2, 0) is 5.41 Å². The maximum atomic E-state index is 6.25. The van der Waals surface area contributed by atoms with E-state index in [9.17, 15) is 0 Å². The zero-order chi connectivity index (χ0) is 39.5. The summed E-state index contributed by atoms with van der Waals surface area (Å²) in [6.45, 7) is 4.76. The van der Waals surface area contributed by atoms with Gasteiger partial charge in [-0.05, 0) is 146 Å². The van der Waals surface area contributed by atoms with E-state index in [4.69, 9.17) is 4.42 Å². The third kappa shape index (κ3) is 6.11. The minimum Gasteiger partial charge on any atom is -0.456 e. The molecule has 0 radical (unpaired) electrons. The molecule has 0 saturated carbocycles. The number of nitrogens with zero attached hydrogens (tertiary/aromatic N) is 1. The lowest BCUT2D eigenvalue weighted by molar-refractivity contribution is 0.660. The molecule has 0 bridgehead atoms. The van der Waals surface area contributed by atoms with Gasteiger partial charge in [0.05, 0.1) is 0 Å². The molecule has 0 amide bonds. The molecule has 1 heterocycles. The molecule has 9 aromatic rings. The molecule has 2 nitrogen and oxygen atoms in total. The molecule has 2 aliphatic rings. The van der Waals surface area contributed by atoms with Crippen LogP contribution >= 0.6 is 0 Å². The van der Waals surface area contributed by atoms with E-state index >= 15 is 0 Å². The fourth-order valence-electron chi connectivity index (χ4n) is 9.32. The summed E-state index contributed by atoms with van der Waals surface area (Å²) in [5.74, 6) is 0. The second-order valence-corrected chi connectivity index (χ2v) is 16.4. The lowest BCUT2D eigenvalue weighted by Gasteiger charge is -2.28. The predicted molar refractivity (Wildman–Crippen MR) is 249 cm³/mol. The van der Waals surface area contributed by atoms with Gasteiger partial charge in [0.1, 0.15) is 11.2 Å². The Balaban J connectivity index is 0.890. The molecule has 282 valence electrons. The Kier molecular flexibility index (Phi) is 8.34. The highest BCUT2D eigenvalue weighted by Gasteiger charge is 2.36. The summed E-state index contributed by atoms with van der Waals surface area (Å²) in [7, 11) is 0. The summed E-state index contributed by atoms with van der Waals surface area (Å²) >= 11 is 0. The Bertz CT molecular complexity index is 3090. The van der Waals surface area contributed by atoms with Crippen molar-refractivity contribution in [2.75, 3.05) is 4.90 Å². The van der Waals surface area contributed by atoms with E-state index in [-0.39, 0.29) is 5.41 Å². The lowest BCUT2D eigenvalue weighted by Crippen LogP contribution is -2.16. The predicted octanol–water partition coefficient (Wildman–Crippen LogP) is 16.1. The number of para-hydroxylation sites is 1. The summed E-state index contributed by atoms with van der Waals surface area (Å²) < 4.78 is 6.25. The maximum Gasteiger partial charge on any atom is 0.135 e. The highest BCUT2D eigenvalue weighted by molar-refractivity contribution is 6.07. The highest BCUT2D eigenvalue weighted by Crippen LogP contribution is 2.51. The third-order valence-corrected chi connectivity index (χ3v) is 12.5.